The van der Waals surface area contributed by atoms with Crippen LogP contribution < -0.4 is 5.73 Å². The van der Waals surface area contributed by atoms with Crippen LogP contribution >= 0.6 is 0 Å². The van der Waals surface area contributed by atoms with Crippen molar-refractivity contribution in [3.63, 3.8) is 0 Å². The largest absolute Gasteiger partial charge is 0.399 e. The molecular weight excluding hydrogens is 203 g/mol. The monoisotopic (exact) mass is 222 g/mol. The van der Waals surface area contributed by atoms with Gasteiger partial charge in [0.1, 0.15) is 0 Å². The molecule has 2 rings (SSSR count). The van der Waals surface area contributed by atoms with E-state index in [0.29, 0.717) is 0 Å². The molecule has 0 amide bonds. The molecule has 1 heterocycles. The van der Waals surface area contributed by atoms with E-state index in [0.717, 1.165) is 38.2 Å². The maximum atomic E-state index is 12.5. The lowest BCUT2D eigenvalue weighted by Gasteiger charge is -2.30. The molecule has 16 heavy (non-hydrogen) atoms. The van der Waals surface area contributed by atoms with Gasteiger partial charge in [-0.3, -0.25) is 9.29 Å². The van der Waals surface area contributed by atoms with Crippen LogP contribution in [0.25, 0.3) is 0 Å². The lowest BCUT2D eigenvalue weighted by atomic mass is 9.98. The molecule has 1 aromatic carbocycles. The van der Waals surface area contributed by atoms with E-state index in [9.17, 15) is 4.39 Å². The van der Waals surface area contributed by atoms with Crippen LogP contribution in [0.1, 0.15) is 18.4 Å². The third-order valence-electron chi connectivity index (χ3n) is 3.28. The van der Waals surface area contributed by atoms with Gasteiger partial charge in [0.05, 0.1) is 6.67 Å². The SMILES string of the molecule is Nc1cccc(CN2CCC(CF)CC2)c1. The van der Waals surface area contributed by atoms with Gasteiger partial charge in [-0.25, -0.2) is 0 Å². The van der Waals surface area contributed by atoms with E-state index in [4.69, 9.17) is 5.73 Å². The third kappa shape index (κ3) is 2.95. The fourth-order valence-electron chi connectivity index (χ4n) is 2.25. The predicted molar refractivity (Wildman–Crippen MR) is 64.8 cm³/mol. The minimum absolute atomic E-state index is 0.161. The van der Waals surface area contributed by atoms with E-state index in [2.05, 4.69) is 11.0 Å². The standard InChI is InChI=1S/C13H19FN2/c14-9-11-4-6-16(7-5-11)10-12-2-1-3-13(15)8-12/h1-3,8,11H,4-7,9-10,15H2. The Hall–Kier alpha value is -1.09. The first kappa shape index (κ1) is 11.4. The van der Waals surface area contributed by atoms with Gasteiger partial charge in [0.15, 0.2) is 0 Å². The second-order valence-corrected chi connectivity index (χ2v) is 4.62. The zero-order chi connectivity index (χ0) is 11.4. The molecule has 1 aromatic rings. The molecule has 0 aliphatic carbocycles. The van der Waals surface area contributed by atoms with Crippen molar-refractivity contribution >= 4 is 5.69 Å². The summed E-state index contributed by atoms with van der Waals surface area (Å²) in [6, 6.07) is 8.00. The van der Waals surface area contributed by atoms with Crippen LogP contribution in [0, 0.1) is 5.92 Å². The van der Waals surface area contributed by atoms with Crippen molar-refractivity contribution in [2.45, 2.75) is 19.4 Å². The number of piperidine rings is 1. The number of alkyl halides is 1. The van der Waals surface area contributed by atoms with Gasteiger partial charge in [0.2, 0.25) is 0 Å². The molecule has 1 aliphatic heterocycles. The van der Waals surface area contributed by atoms with E-state index in [-0.39, 0.29) is 12.6 Å². The summed E-state index contributed by atoms with van der Waals surface area (Å²) in [5.74, 6) is 0.289. The molecule has 2 nitrogen and oxygen atoms in total. The second-order valence-electron chi connectivity index (χ2n) is 4.62. The molecular formula is C13H19FN2. The molecule has 0 aromatic heterocycles. The van der Waals surface area contributed by atoms with E-state index < -0.39 is 0 Å². The summed E-state index contributed by atoms with van der Waals surface area (Å²) >= 11 is 0. The molecule has 88 valence electrons. The number of halogens is 1. The Bertz CT molecular complexity index is 332. The van der Waals surface area contributed by atoms with Crippen molar-refractivity contribution < 1.29 is 4.39 Å². The lowest BCUT2D eigenvalue weighted by molar-refractivity contribution is 0.159. The number of rotatable bonds is 3. The quantitative estimate of drug-likeness (QED) is 0.796. The highest BCUT2D eigenvalue weighted by Crippen LogP contribution is 2.19. The van der Waals surface area contributed by atoms with Crippen LogP contribution in [-0.2, 0) is 6.54 Å². The van der Waals surface area contributed by atoms with Crippen molar-refractivity contribution in [2.24, 2.45) is 5.92 Å². The van der Waals surface area contributed by atoms with Gasteiger partial charge in [-0.15, -0.1) is 0 Å². The van der Waals surface area contributed by atoms with Gasteiger partial charge in [-0.2, -0.15) is 0 Å². The van der Waals surface area contributed by atoms with E-state index in [1.54, 1.807) is 0 Å². The molecule has 0 bridgehead atoms. The molecule has 3 heteroatoms. The first-order valence-electron chi connectivity index (χ1n) is 5.90. The lowest BCUT2D eigenvalue weighted by Crippen LogP contribution is -2.33. The summed E-state index contributed by atoms with van der Waals surface area (Å²) in [5, 5.41) is 0. The predicted octanol–water partition coefficient (Wildman–Crippen LogP) is 2.45. The van der Waals surface area contributed by atoms with E-state index >= 15 is 0 Å². The highest BCUT2D eigenvalue weighted by Gasteiger charge is 2.18. The van der Waals surface area contributed by atoms with Crippen molar-refractivity contribution in [1.82, 2.24) is 4.90 Å². The zero-order valence-corrected chi connectivity index (χ0v) is 9.53. The molecule has 1 saturated heterocycles. The Morgan fingerprint density at radius 3 is 2.69 bits per heavy atom. The molecule has 0 unspecified atom stereocenters. The average molecular weight is 222 g/mol. The summed E-state index contributed by atoms with van der Waals surface area (Å²) in [6.45, 7) is 2.78. The fraction of sp³-hybridized carbons (Fsp3) is 0.538. The van der Waals surface area contributed by atoms with Crippen LogP contribution in [0.5, 0.6) is 0 Å². The number of likely N-dealkylation sites (tertiary alicyclic amines) is 1. The molecule has 0 atom stereocenters. The van der Waals surface area contributed by atoms with Gasteiger partial charge < -0.3 is 5.73 Å². The minimum atomic E-state index is -0.161. The normalized spacial score (nSPS) is 18.8. The van der Waals surface area contributed by atoms with Crippen molar-refractivity contribution in [3.05, 3.63) is 29.8 Å². The molecule has 0 spiro atoms. The molecule has 1 aliphatic rings. The van der Waals surface area contributed by atoms with E-state index in [1.165, 1.54) is 5.56 Å². The number of anilines is 1. The first-order valence-corrected chi connectivity index (χ1v) is 5.90. The maximum absolute atomic E-state index is 12.5. The highest BCUT2D eigenvalue weighted by molar-refractivity contribution is 5.40. The Kier molecular flexibility index (Phi) is 3.78. The van der Waals surface area contributed by atoms with Crippen molar-refractivity contribution in [1.29, 1.82) is 0 Å². The topological polar surface area (TPSA) is 29.3 Å². The molecule has 2 N–H and O–H groups in total. The number of nitrogen functional groups attached to an aromatic ring is 1. The number of nitrogens with zero attached hydrogens (tertiary/aromatic N) is 1. The zero-order valence-electron chi connectivity index (χ0n) is 9.53. The number of hydrogen-bond donors (Lipinski definition) is 1. The Balaban J connectivity index is 1.87. The minimum Gasteiger partial charge on any atom is -0.399 e. The summed E-state index contributed by atoms with van der Waals surface area (Å²) in [4.78, 5) is 2.38. The summed E-state index contributed by atoms with van der Waals surface area (Å²) in [6.07, 6.45) is 1.97. The average Bonchev–Trinajstić information content (AvgIpc) is 2.30. The van der Waals surface area contributed by atoms with E-state index in [1.807, 2.05) is 18.2 Å². The van der Waals surface area contributed by atoms with Crippen LogP contribution in [0.2, 0.25) is 0 Å². The first-order chi connectivity index (χ1) is 7.78. The van der Waals surface area contributed by atoms with Crippen molar-refractivity contribution in [3.8, 4) is 0 Å². The molecule has 1 fully saturated rings. The van der Waals surface area contributed by atoms with Gasteiger partial charge >= 0.3 is 0 Å². The van der Waals surface area contributed by atoms with Crippen LogP contribution in [0.3, 0.4) is 0 Å². The van der Waals surface area contributed by atoms with Crippen molar-refractivity contribution in [2.75, 3.05) is 25.5 Å². The Morgan fingerprint density at radius 2 is 2.06 bits per heavy atom. The second kappa shape index (κ2) is 5.30. The van der Waals surface area contributed by atoms with Gasteiger partial charge in [-0.1, -0.05) is 12.1 Å². The number of hydrogen-bond acceptors (Lipinski definition) is 2. The number of nitrogens with two attached hydrogens (primary N) is 1. The summed E-state index contributed by atoms with van der Waals surface area (Å²) < 4.78 is 12.5. The Morgan fingerprint density at radius 1 is 1.31 bits per heavy atom. The smallest absolute Gasteiger partial charge is 0.0923 e. The fourth-order valence-corrected chi connectivity index (χ4v) is 2.25. The highest BCUT2D eigenvalue weighted by atomic mass is 19.1. The molecule has 0 saturated carbocycles. The van der Waals surface area contributed by atoms with Gasteiger partial charge in [0.25, 0.3) is 0 Å². The summed E-state index contributed by atoms with van der Waals surface area (Å²) in [7, 11) is 0. The number of benzene rings is 1. The third-order valence-corrected chi connectivity index (χ3v) is 3.28. The van der Waals surface area contributed by atoms with Crippen LogP contribution in [0.4, 0.5) is 10.1 Å². The summed E-state index contributed by atoms with van der Waals surface area (Å²) in [5.41, 5.74) is 7.80. The van der Waals surface area contributed by atoms with Gasteiger partial charge in [0, 0.05) is 12.2 Å². The van der Waals surface area contributed by atoms with Gasteiger partial charge in [-0.05, 0) is 49.5 Å². The van der Waals surface area contributed by atoms with Crippen LogP contribution in [0.15, 0.2) is 24.3 Å². The van der Waals surface area contributed by atoms with Crippen LogP contribution in [-0.4, -0.2) is 24.7 Å². The Labute approximate surface area is 96.2 Å². The molecule has 0 radical (unpaired) electrons. The maximum Gasteiger partial charge on any atom is 0.0923 e.